The number of amides is 3. The monoisotopic (exact) mass is 638 g/mol. The van der Waals surface area contributed by atoms with Gasteiger partial charge in [-0.25, -0.2) is 4.79 Å². The number of fused-ring (bicyclic) bond motifs is 1. The molecule has 1 aliphatic heterocycles. The number of ether oxygens (including phenoxy) is 2. The molecule has 0 radical (unpaired) electrons. The number of benzene rings is 4. The first-order valence-corrected chi connectivity index (χ1v) is 13.5. The van der Waals surface area contributed by atoms with Crippen LogP contribution in [0.4, 0.5) is 4.79 Å². The smallest absolute Gasteiger partial charge is 0.329 e. The molecular formula is C30H24ClIN2O4. The van der Waals surface area contributed by atoms with Crippen molar-refractivity contribution in [3.05, 3.63) is 110 Å². The molecule has 1 fully saturated rings. The van der Waals surface area contributed by atoms with Crippen molar-refractivity contribution >= 4 is 63.0 Å². The van der Waals surface area contributed by atoms with Gasteiger partial charge in [0.05, 0.1) is 16.7 Å². The minimum absolute atomic E-state index is 0.155. The average Bonchev–Trinajstić information content (AvgIpc) is 3.17. The number of carbonyl (C=O) groups excluding carboxylic acids is 2. The summed E-state index contributed by atoms with van der Waals surface area (Å²) in [6.45, 7) is 2.89. The normalized spacial score (nSPS) is 14.3. The van der Waals surface area contributed by atoms with E-state index >= 15 is 0 Å². The quantitative estimate of drug-likeness (QED) is 0.126. The van der Waals surface area contributed by atoms with Crippen molar-refractivity contribution in [3.8, 4) is 11.5 Å². The highest BCUT2D eigenvalue weighted by Gasteiger charge is 2.33. The third-order valence-corrected chi connectivity index (χ3v) is 7.16. The van der Waals surface area contributed by atoms with Crippen LogP contribution in [0, 0.1) is 3.57 Å². The summed E-state index contributed by atoms with van der Waals surface area (Å²) in [5.74, 6) is 0.809. The van der Waals surface area contributed by atoms with Crippen LogP contribution in [0.15, 0.2) is 84.6 Å². The van der Waals surface area contributed by atoms with Crippen LogP contribution >= 0.6 is 34.2 Å². The maximum absolute atomic E-state index is 13.0. The number of hydrogen-bond donors (Lipinski definition) is 1. The van der Waals surface area contributed by atoms with Crippen LogP contribution in [0.3, 0.4) is 0 Å². The lowest BCUT2D eigenvalue weighted by Crippen LogP contribution is -2.30. The van der Waals surface area contributed by atoms with Crippen LogP contribution in [0.5, 0.6) is 11.5 Å². The number of nitrogens with one attached hydrogen (secondary N) is 1. The second kappa shape index (κ2) is 11.4. The number of nitrogens with zero attached hydrogens (tertiary/aromatic N) is 1. The first-order valence-electron chi connectivity index (χ1n) is 12.1. The Morgan fingerprint density at radius 3 is 2.53 bits per heavy atom. The Hall–Kier alpha value is -3.56. The van der Waals surface area contributed by atoms with E-state index in [1.807, 2.05) is 37.3 Å². The molecular weight excluding hydrogens is 615 g/mol. The molecule has 0 aliphatic carbocycles. The van der Waals surface area contributed by atoms with Crippen molar-refractivity contribution in [1.82, 2.24) is 10.2 Å². The standard InChI is InChI=1S/C30H24ClIN2O4/c1-2-37-27-16-20(15-26-29(35)34(30(36)33-26)17-19-10-12-23(31)13-11-19)14-25(32)28(27)38-18-22-8-5-7-21-6-3-4-9-24(21)22/h3-16H,2,17-18H2,1H3,(H,33,36)/b26-15-. The van der Waals surface area contributed by atoms with Crippen LogP contribution in [-0.4, -0.2) is 23.4 Å². The fraction of sp³-hybridized carbons (Fsp3) is 0.133. The van der Waals surface area contributed by atoms with Crippen molar-refractivity contribution in [1.29, 1.82) is 0 Å². The predicted octanol–water partition coefficient (Wildman–Crippen LogP) is 7.17. The van der Waals surface area contributed by atoms with Gasteiger partial charge in [0, 0.05) is 5.02 Å². The zero-order valence-corrected chi connectivity index (χ0v) is 23.5. The van der Waals surface area contributed by atoms with E-state index in [1.54, 1.807) is 30.3 Å². The lowest BCUT2D eigenvalue weighted by atomic mass is 10.1. The van der Waals surface area contributed by atoms with Gasteiger partial charge < -0.3 is 14.8 Å². The summed E-state index contributed by atoms with van der Waals surface area (Å²) in [5, 5.41) is 5.57. The summed E-state index contributed by atoms with van der Waals surface area (Å²) in [6, 6.07) is 24.6. The minimum atomic E-state index is -0.467. The molecule has 0 aromatic heterocycles. The van der Waals surface area contributed by atoms with Crippen molar-refractivity contribution in [2.45, 2.75) is 20.1 Å². The summed E-state index contributed by atoms with van der Waals surface area (Å²) < 4.78 is 13.0. The number of rotatable bonds is 8. The van der Waals surface area contributed by atoms with Crippen molar-refractivity contribution in [3.63, 3.8) is 0 Å². The van der Waals surface area contributed by atoms with Crippen LogP contribution in [0.2, 0.25) is 5.02 Å². The Balaban J connectivity index is 1.38. The zero-order valence-electron chi connectivity index (χ0n) is 20.5. The molecule has 0 spiro atoms. The topological polar surface area (TPSA) is 67.9 Å². The van der Waals surface area contributed by atoms with E-state index < -0.39 is 11.9 Å². The van der Waals surface area contributed by atoms with Crippen molar-refractivity contribution in [2.24, 2.45) is 0 Å². The van der Waals surface area contributed by atoms with E-state index in [4.69, 9.17) is 21.1 Å². The second-order valence-corrected chi connectivity index (χ2v) is 10.3. The number of hydrogen-bond acceptors (Lipinski definition) is 4. The Kier molecular flexibility index (Phi) is 7.85. The maximum Gasteiger partial charge on any atom is 0.329 e. The summed E-state index contributed by atoms with van der Waals surface area (Å²) in [5.41, 5.74) is 2.80. The molecule has 1 saturated heterocycles. The van der Waals surface area contributed by atoms with E-state index in [2.05, 4.69) is 52.2 Å². The van der Waals surface area contributed by atoms with Crippen molar-refractivity contribution < 1.29 is 19.1 Å². The molecule has 4 aromatic carbocycles. The van der Waals surface area contributed by atoms with E-state index in [-0.39, 0.29) is 12.2 Å². The number of imide groups is 1. The molecule has 0 atom stereocenters. The third-order valence-electron chi connectivity index (χ3n) is 6.11. The molecule has 1 aliphatic rings. The maximum atomic E-state index is 13.0. The van der Waals surface area contributed by atoms with E-state index in [0.717, 1.165) is 25.5 Å². The van der Waals surface area contributed by atoms with E-state index in [1.165, 1.54) is 4.90 Å². The molecule has 0 bridgehead atoms. The second-order valence-electron chi connectivity index (χ2n) is 8.70. The fourth-order valence-corrected chi connectivity index (χ4v) is 5.20. The molecule has 8 heteroatoms. The van der Waals surface area contributed by atoms with Crippen molar-refractivity contribution in [2.75, 3.05) is 6.61 Å². The Morgan fingerprint density at radius 1 is 0.974 bits per heavy atom. The number of urea groups is 1. The van der Waals surface area contributed by atoms with E-state index in [0.29, 0.717) is 35.3 Å². The minimum Gasteiger partial charge on any atom is -0.490 e. The molecule has 38 heavy (non-hydrogen) atoms. The molecule has 0 saturated carbocycles. The van der Waals surface area contributed by atoms with Crippen LogP contribution < -0.4 is 14.8 Å². The van der Waals surface area contributed by atoms with Crippen LogP contribution in [0.1, 0.15) is 23.6 Å². The van der Waals surface area contributed by atoms with Crippen LogP contribution in [0.25, 0.3) is 16.8 Å². The lowest BCUT2D eigenvalue weighted by molar-refractivity contribution is -0.123. The summed E-state index contributed by atoms with van der Waals surface area (Å²) in [6.07, 6.45) is 1.65. The van der Waals surface area contributed by atoms with Gasteiger partial charge in [0.2, 0.25) is 0 Å². The first kappa shape index (κ1) is 26.1. The molecule has 3 amide bonds. The largest absolute Gasteiger partial charge is 0.490 e. The summed E-state index contributed by atoms with van der Waals surface area (Å²) in [4.78, 5) is 26.7. The van der Waals surface area contributed by atoms with Gasteiger partial charge in [0.15, 0.2) is 11.5 Å². The van der Waals surface area contributed by atoms with Gasteiger partial charge in [-0.05, 0) is 87.3 Å². The Bertz CT molecular complexity index is 1550. The fourth-order valence-electron chi connectivity index (χ4n) is 4.30. The van der Waals surface area contributed by atoms with Gasteiger partial charge in [-0.3, -0.25) is 9.69 Å². The highest BCUT2D eigenvalue weighted by atomic mass is 127. The highest BCUT2D eigenvalue weighted by Crippen LogP contribution is 2.36. The SMILES string of the molecule is CCOc1cc(/C=C2\NC(=O)N(Cc3ccc(Cl)cc3)C2=O)cc(I)c1OCc1cccc2ccccc12. The summed E-state index contributed by atoms with van der Waals surface area (Å²) >= 11 is 8.15. The lowest BCUT2D eigenvalue weighted by Gasteiger charge is -2.16. The Labute approximate surface area is 239 Å². The molecule has 0 unspecified atom stereocenters. The van der Waals surface area contributed by atoms with Gasteiger partial charge in [-0.1, -0.05) is 66.2 Å². The summed E-state index contributed by atoms with van der Waals surface area (Å²) in [7, 11) is 0. The third kappa shape index (κ3) is 5.63. The molecule has 1 heterocycles. The van der Waals surface area contributed by atoms with Gasteiger partial charge in [-0.2, -0.15) is 0 Å². The van der Waals surface area contributed by atoms with Gasteiger partial charge >= 0.3 is 6.03 Å². The molecule has 192 valence electrons. The average molecular weight is 639 g/mol. The molecule has 5 rings (SSSR count). The Morgan fingerprint density at radius 2 is 1.74 bits per heavy atom. The number of halogens is 2. The highest BCUT2D eigenvalue weighted by molar-refractivity contribution is 14.1. The van der Waals surface area contributed by atoms with E-state index in [9.17, 15) is 9.59 Å². The molecule has 4 aromatic rings. The van der Waals surface area contributed by atoms with Gasteiger partial charge in [0.1, 0.15) is 12.3 Å². The molecule has 1 N–H and O–H groups in total. The predicted molar refractivity (Wildman–Crippen MR) is 157 cm³/mol. The van der Waals surface area contributed by atoms with Gasteiger partial charge in [0.25, 0.3) is 5.91 Å². The number of carbonyl (C=O) groups is 2. The van der Waals surface area contributed by atoms with Gasteiger partial charge in [-0.15, -0.1) is 0 Å². The molecule has 6 nitrogen and oxygen atoms in total. The first-order chi connectivity index (χ1) is 18.4. The van der Waals surface area contributed by atoms with Crippen LogP contribution in [-0.2, 0) is 17.9 Å². The zero-order chi connectivity index (χ0) is 26.6.